The first-order valence-corrected chi connectivity index (χ1v) is 7.72. The van der Waals surface area contributed by atoms with E-state index in [-0.39, 0.29) is 11.4 Å². The van der Waals surface area contributed by atoms with Crippen molar-refractivity contribution in [2.75, 3.05) is 0 Å². The van der Waals surface area contributed by atoms with Crippen molar-refractivity contribution in [1.29, 1.82) is 0 Å². The molecule has 0 saturated heterocycles. The molecule has 0 saturated carbocycles. The summed E-state index contributed by atoms with van der Waals surface area (Å²) in [4.78, 5) is 23.3. The van der Waals surface area contributed by atoms with Crippen molar-refractivity contribution >= 4 is 11.9 Å². The average Bonchev–Trinajstić information content (AvgIpc) is 2.95. The molecule has 2 aromatic rings. The normalized spacial score (nSPS) is 13.3. The first kappa shape index (κ1) is 19.3. The number of ether oxygens (including phenoxy) is 1. The zero-order valence-corrected chi connectivity index (χ0v) is 14.3. The molecule has 2 N–H and O–H groups in total. The fraction of sp³-hybridized carbons (Fsp3) is 0.375. The number of halogens is 2. The van der Waals surface area contributed by atoms with Crippen molar-refractivity contribution in [3.8, 4) is 11.4 Å². The molecule has 2 unspecified atom stereocenters. The van der Waals surface area contributed by atoms with Gasteiger partial charge in [0.15, 0.2) is 5.69 Å². The van der Waals surface area contributed by atoms with Gasteiger partial charge in [0.25, 0.3) is 5.91 Å². The van der Waals surface area contributed by atoms with E-state index < -0.39 is 30.4 Å². The molecule has 10 heteroatoms. The van der Waals surface area contributed by atoms with Crippen LogP contribution in [0, 0.1) is 12.8 Å². The summed E-state index contributed by atoms with van der Waals surface area (Å²) in [6.45, 7) is 1.77. The van der Waals surface area contributed by atoms with E-state index in [1.54, 1.807) is 13.8 Å². The molecule has 26 heavy (non-hydrogen) atoms. The molecule has 2 rings (SSSR count). The number of nitrogens with zero attached hydrogens (tertiary/aromatic N) is 3. The number of rotatable bonds is 7. The third-order valence-electron chi connectivity index (χ3n) is 3.91. The highest BCUT2D eigenvalue weighted by Gasteiger charge is 2.24. The minimum Gasteiger partial charge on any atom is -0.481 e. The second kappa shape index (κ2) is 7.89. The lowest BCUT2D eigenvalue weighted by Crippen LogP contribution is -2.40. The first-order chi connectivity index (χ1) is 12.2. The van der Waals surface area contributed by atoms with Crippen molar-refractivity contribution in [2.45, 2.75) is 33.4 Å². The molecule has 1 aromatic heterocycles. The van der Waals surface area contributed by atoms with Crippen molar-refractivity contribution in [2.24, 2.45) is 5.92 Å². The molecular formula is C16H18F2N4O4. The Labute approximate surface area is 147 Å². The van der Waals surface area contributed by atoms with Crippen LogP contribution in [0.5, 0.6) is 5.75 Å². The predicted octanol–water partition coefficient (Wildman–Crippen LogP) is 2.02. The molecule has 0 spiro atoms. The van der Waals surface area contributed by atoms with Crippen LogP contribution >= 0.6 is 0 Å². The monoisotopic (exact) mass is 368 g/mol. The fourth-order valence-electron chi connectivity index (χ4n) is 2.17. The van der Waals surface area contributed by atoms with E-state index >= 15 is 0 Å². The third-order valence-corrected chi connectivity index (χ3v) is 3.91. The second-order valence-corrected chi connectivity index (χ2v) is 5.70. The summed E-state index contributed by atoms with van der Waals surface area (Å²) in [6, 6.07) is 5.08. The molecule has 0 radical (unpaired) electrons. The Hall–Kier alpha value is -3.04. The van der Waals surface area contributed by atoms with Crippen molar-refractivity contribution in [3.05, 3.63) is 35.7 Å². The highest BCUT2D eigenvalue weighted by molar-refractivity contribution is 5.93. The van der Waals surface area contributed by atoms with Gasteiger partial charge in [-0.2, -0.15) is 8.78 Å². The van der Waals surface area contributed by atoms with E-state index in [9.17, 15) is 18.4 Å². The summed E-state index contributed by atoms with van der Waals surface area (Å²) >= 11 is 0. The van der Waals surface area contributed by atoms with Crippen LogP contribution in [0.4, 0.5) is 8.78 Å². The number of hydrogen-bond acceptors (Lipinski definition) is 5. The molecular weight excluding hydrogens is 350 g/mol. The lowest BCUT2D eigenvalue weighted by Gasteiger charge is -2.17. The van der Waals surface area contributed by atoms with Gasteiger partial charge >= 0.3 is 12.6 Å². The largest absolute Gasteiger partial charge is 0.481 e. The molecule has 0 aliphatic rings. The van der Waals surface area contributed by atoms with Crippen LogP contribution in [0.2, 0.25) is 0 Å². The molecule has 1 aromatic carbocycles. The number of amides is 1. The van der Waals surface area contributed by atoms with Gasteiger partial charge in [-0.3, -0.25) is 9.59 Å². The third kappa shape index (κ3) is 4.32. The number of benzene rings is 1. The van der Waals surface area contributed by atoms with Gasteiger partial charge in [0.1, 0.15) is 5.75 Å². The standard InChI is InChI=1S/C16H18F2N4O4/c1-8(15(24)25)9(2)19-14(23)13-10(3)22(21-20-13)11-4-6-12(7-5-11)26-16(17)18/h4-9,16H,1-3H3,(H,19,23)(H,24,25). The first-order valence-electron chi connectivity index (χ1n) is 7.72. The van der Waals surface area contributed by atoms with Crippen LogP contribution in [-0.4, -0.2) is 44.6 Å². The molecule has 2 atom stereocenters. The molecule has 8 nitrogen and oxygen atoms in total. The number of carbonyl (C=O) groups excluding carboxylic acids is 1. The molecule has 0 aliphatic heterocycles. The SMILES string of the molecule is Cc1c(C(=O)NC(C)C(C)C(=O)O)nnn1-c1ccc(OC(F)F)cc1. The summed E-state index contributed by atoms with van der Waals surface area (Å²) in [5.74, 6) is -2.34. The van der Waals surface area contributed by atoms with E-state index in [0.29, 0.717) is 11.4 Å². The Morgan fingerprint density at radius 3 is 2.38 bits per heavy atom. The zero-order chi connectivity index (χ0) is 19.4. The Balaban J connectivity index is 2.16. The second-order valence-electron chi connectivity index (χ2n) is 5.70. The predicted molar refractivity (Wildman–Crippen MR) is 86.5 cm³/mol. The maximum absolute atomic E-state index is 12.3. The smallest absolute Gasteiger partial charge is 0.387 e. The lowest BCUT2D eigenvalue weighted by molar-refractivity contribution is -0.141. The van der Waals surface area contributed by atoms with Crippen molar-refractivity contribution < 1.29 is 28.2 Å². The minimum absolute atomic E-state index is 0.00373. The molecule has 1 heterocycles. The van der Waals surface area contributed by atoms with Gasteiger partial charge in [-0.05, 0) is 45.0 Å². The maximum atomic E-state index is 12.3. The Bertz CT molecular complexity index is 792. The van der Waals surface area contributed by atoms with Crippen LogP contribution in [-0.2, 0) is 4.79 Å². The average molecular weight is 368 g/mol. The fourth-order valence-corrected chi connectivity index (χ4v) is 2.17. The van der Waals surface area contributed by atoms with E-state index in [4.69, 9.17) is 5.11 Å². The number of aromatic nitrogens is 3. The number of carbonyl (C=O) groups is 2. The van der Waals surface area contributed by atoms with Crippen LogP contribution in [0.1, 0.15) is 30.0 Å². The zero-order valence-electron chi connectivity index (χ0n) is 14.3. The summed E-state index contributed by atoms with van der Waals surface area (Å²) < 4.78 is 30.0. The van der Waals surface area contributed by atoms with Gasteiger partial charge in [-0.1, -0.05) is 5.21 Å². The molecule has 0 aliphatic carbocycles. The van der Waals surface area contributed by atoms with E-state index in [2.05, 4.69) is 20.4 Å². The Morgan fingerprint density at radius 1 is 1.23 bits per heavy atom. The summed E-state index contributed by atoms with van der Waals surface area (Å²) in [7, 11) is 0. The molecule has 140 valence electrons. The van der Waals surface area contributed by atoms with Crippen molar-refractivity contribution in [1.82, 2.24) is 20.3 Å². The van der Waals surface area contributed by atoms with Crippen LogP contribution in [0.3, 0.4) is 0 Å². The number of carboxylic acid groups (broad SMARTS) is 1. The summed E-state index contributed by atoms with van der Waals surface area (Å²) in [5, 5.41) is 19.3. The number of hydrogen-bond donors (Lipinski definition) is 2. The number of aliphatic carboxylic acids is 1. The van der Waals surface area contributed by atoms with Gasteiger partial charge in [0.2, 0.25) is 0 Å². The topological polar surface area (TPSA) is 106 Å². The van der Waals surface area contributed by atoms with Crippen molar-refractivity contribution in [3.63, 3.8) is 0 Å². The van der Waals surface area contributed by atoms with Gasteiger partial charge in [0, 0.05) is 6.04 Å². The number of carboxylic acids is 1. The maximum Gasteiger partial charge on any atom is 0.387 e. The van der Waals surface area contributed by atoms with E-state index in [1.807, 2.05) is 0 Å². The van der Waals surface area contributed by atoms with Gasteiger partial charge in [-0.15, -0.1) is 5.10 Å². The van der Waals surface area contributed by atoms with Gasteiger partial charge in [-0.25, -0.2) is 4.68 Å². The Morgan fingerprint density at radius 2 is 1.85 bits per heavy atom. The minimum atomic E-state index is -2.92. The molecule has 1 amide bonds. The lowest BCUT2D eigenvalue weighted by atomic mass is 10.0. The quantitative estimate of drug-likeness (QED) is 0.774. The Kier molecular flexibility index (Phi) is 5.86. The molecule has 0 bridgehead atoms. The van der Waals surface area contributed by atoms with Crippen LogP contribution in [0.25, 0.3) is 5.69 Å². The van der Waals surface area contributed by atoms with E-state index in [0.717, 1.165) is 0 Å². The van der Waals surface area contributed by atoms with Gasteiger partial charge < -0.3 is 15.2 Å². The highest BCUT2D eigenvalue weighted by Crippen LogP contribution is 2.18. The van der Waals surface area contributed by atoms with Gasteiger partial charge in [0.05, 0.1) is 17.3 Å². The number of nitrogens with one attached hydrogen (secondary N) is 1. The van der Waals surface area contributed by atoms with E-state index in [1.165, 1.54) is 35.9 Å². The van der Waals surface area contributed by atoms with Crippen LogP contribution in [0.15, 0.2) is 24.3 Å². The number of alkyl halides is 2. The highest BCUT2D eigenvalue weighted by atomic mass is 19.3. The summed E-state index contributed by atoms with van der Waals surface area (Å²) in [6.07, 6.45) is 0. The van der Waals surface area contributed by atoms with Crippen LogP contribution < -0.4 is 10.1 Å². The summed E-state index contributed by atoms with van der Waals surface area (Å²) in [5.41, 5.74) is 0.963. The molecule has 0 fully saturated rings.